The summed E-state index contributed by atoms with van der Waals surface area (Å²) in [5, 5.41) is 13.5. The summed E-state index contributed by atoms with van der Waals surface area (Å²) in [6.45, 7) is -0.0227. The van der Waals surface area contributed by atoms with Crippen LogP contribution in [0.3, 0.4) is 0 Å². The molecule has 0 bridgehead atoms. The van der Waals surface area contributed by atoms with E-state index in [0.29, 0.717) is 17.3 Å². The minimum absolute atomic E-state index is 0.0227. The molecular formula is C27H23F4N5O3S. The largest absolute Gasteiger partial charge is 0.497 e. The SMILES string of the molecule is COc1ccc(CC(=O)NCc2nnc(SCC(=O)Nc3ccccc3C(F)(F)F)n2-c2ccc(F)cc2)cc1. The van der Waals surface area contributed by atoms with Gasteiger partial charge in [-0.1, -0.05) is 36.0 Å². The molecule has 0 saturated heterocycles. The first-order valence-electron chi connectivity index (χ1n) is 11.8. The first-order chi connectivity index (χ1) is 19.1. The van der Waals surface area contributed by atoms with Crippen LogP contribution < -0.4 is 15.4 Å². The highest BCUT2D eigenvalue weighted by Crippen LogP contribution is 2.34. The number of methoxy groups -OCH3 is 1. The van der Waals surface area contributed by atoms with Gasteiger partial charge in [0.1, 0.15) is 11.6 Å². The van der Waals surface area contributed by atoms with Crippen LogP contribution in [-0.2, 0) is 28.7 Å². The Kier molecular flexibility index (Phi) is 9.04. The van der Waals surface area contributed by atoms with Gasteiger partial charge in [0.15, 0.2) is 11.0 Å². The van der Waals surface area contributed by atoms with Gasteiger partial charge in [-0.15, -0.1) is 10.2 Å². The molecule has 4 rings (SSSR count). The van der Waals surface area contributed by atoms with Crippen molar-refractivity contribution in [1.29, 1.82) is 0 Å². The topological polar surface area (TPSA) is 98.1 Å². The zero-order chi connectivity index (χ0) is 28.7. The predicted octanol–water partition coefficient (Wildman–Crippen LogP) is 5.02. The van der Waals surface area contributed by atoms with Crippen molar-refractivity contribution in [1.82, 2.24) is 20.1 Å². The van der Waals surface area contributed by atoms with Crippen LogP contribution in [0.1, 0.15) is 17.0 Å². The fourth-order valence-corrected chi connectivity index (χ4v) is 4.45. The van der Waals surface area contributed by atoms with Gasteiger partial charge < -0.3 is 15.4 Å². The Morgan fingerprint density at radius 1 is 0.950 bits per heavy atom. The van der Waals surface area contributed by atoms with Gasteiger partial charge in [0.25, 0.3) is 0 Å². The number of carbonyl (C=O) groups excluding carboxylic acids is 2. The summed E-state index contributed by atoms with van der Waals surface area (Å²) in [5.41, 5.74) is -0.0832. The summed E-state index contributed by atoms with van der Waals surface area (Å²) in [6, 6.07) is 17.1. The van der Waals surface area contributed by atoms with Crippen molar-refractivity contribution in [2.24, 2.45) is 0 Å². The van der Waals surface area contributed by atoms with Crippen molar-refractivity contribution in [2.45, 2.75) is 24.3 Å². The van der Waals surface area contributed by atoms with Crippen LogP contribution in [0.25, 0.3) is 5.69 Å². The molecule has 2 amide bonds. The van der Waals surface area contributed by atoms with E-state index in [1.807, 2.05) is 0 Å². The molecule has 13 heteroatoms. The average Bonchev–Trinajstić information content (AvgIpc) is 3.34. The lowest BCUT2D eigenvalue weighted by Gasteiger charge is -2.14. The van der Waals surface area contributed by atoms with Gasteiger partial charge in [-0.05, 0) is 54.1 Å². The molecular weight excluding hydrogens is 550 g/mol. The Labute approximate surface area is 230 Å². The van der Waals surface area contributed by atoms with Crippen LogP contribution in [0.15, 0.2) is 78.0 Å². The molecule has 0 fully saturated rings. The predicted molar refractivity (Wildman–Crippen MR) is 141 cm³/mol. The molecule has 0 unspecified atom stereocenters. The first-order valence-corrected chi connectivity index (χ1v) is 12.8. The van der Waals surface area contributed by atoms with E-state index in [1.165, 1.54) is 47.0 Å². The van der Waals surface area contributed by atoms with Gasteiger partial charge in [0, 0.05) is 5.69 Å². The number of ether oxygens (including phenoxy) is 1. The summed E-state index contributed by atoms with van der Waals surface area (Å²) in [7, 11) is 1.55. The van der Waals surface area contributed by atoms with Crippen LogP contribution in [0.2, 0.25) is 0 Å². The average molecular weight is 574 g/mol. The molecule has 1 aromatic heterocycles. The summed E-state index contributed by atoms with van der Waals surface area (Å²) < 4.78 is 60.0. The van der Waals surface area contributed by atoms with Gasteiger partial charge in [-0.3, -0.25) is 14.2 Å². The Hall–Kier alpha value is -4.39. The summed E-state index contributed by atoms with van der Waals surface area (Å²) in [4.78, 5) is 25.1. The summed E-state index contributed by atoms with van der Waals surface area (Å²) >= 11 is 0.926. The Balaban J connectivity index is 1.46. The summed E-state index contributed by atoms with van der Waals surface area (Å²) in [5.74, 6) is -0.752. The molecule has 208 valence electrons. The number of nitrogens with one attached hydrogen (secondary N) is 2. The maximum Gasteiger partial charge on any atom is 0.418 e. The van der Waals surface area contributed by atoms with Gasteiger partial charge in [0.05, 0.1) is 37.1 Å². The van der Waals surface area contributed by atoms with E-state index < -0.39 is 23.5 Å². The van der Waals surface area contributed by atoms with E-state index in [0.717, 1.165) is 23.4 Å². The zero-order valence-corrected chi connectivity index (χ0v) is 21.9. The van der Waals surface area contributed by atoms with Crippen LogP contribution in [-0.4, -0.2) is 39.4 Å². The maximum absolute atomic E-state index is 13.6. The highest BCUT2D eigenvalue weighted by molar-refractivity contribution is 7.99. The number of rotatable bonds is 10. The quantitative estimate of drug-likeness (QED) is 0.204. The molecule has 4 aromatic rings. The van der Waals surface area contributed by atoms with E-state index in [4.69, 9.17) is 4.74 Å². The smallest absolute Gasteiger partial charge is 0.418 e. The van der Waals surface area contributed by atoms with Crippen molar-refractivity contribution in [3.63, 3.8) is 0 Å². The lowest BCUT2D eigenvalue weighted by molar-refractivity contribution is -0.137. The van der Waals surface area contributed by atoms with Crippen molar-refractivity contribution < 1.29 is 31.9 Å². The molecule has 0 aliphatic heterocycles. The van der Waals surface area contributed by atoms with Crippen molar-refractivity contribution >= 4 is 29.3 Å². The Morgan fingerprint density at radius 2 is 1.65 bits per heavy atom. The fourth-order valence-electron chi connectivity index (χ4n) is 3.68. The van der Waals surface area contributed by atoms with Crippen molar-refractivity contribution in [3.8, 4) is 11.4 Å². The number of halogens is 4. The lowest BCUT2D eigenvalue weighted by Crippen LogP contribution is -2.26. The second kappa shape index (κ2) is 12.6. The summed E-state index contributed by atoms with van der Waals surface area (Å²) in [6.07, 6.45) is -4.53. The number of amides is 2. The van der Waals surface area contributed by atoms with E-state index in [1.54, 1.807) is 31.4 Å². The van der Waals surface area contributed by atoms with Crippen LogP contribution in [0, 0.1) is 5.82 Å². The van der Waals surface area contributed by atoms with E-state index in [9.17, 15) is 27.2 Å². The molecule has 0 saturated carbocycles. The molecule has 0 spiro atoms. The molecule has 2 N–H and O–H groups in total. The number of hydrogen-bond acceptors (Lipinski definition) is 6. The van der Waals surface area contributed by atoms with Crippen molar-refractivity contribution in [2.75, 3.05) is 18.2 Å². The number of thioether (sulfide) groups is 1. The monoisotopic (exact) mass is 573 g/mol. The second-order valence-electron chi connectivity index (χ2n) is 8.39. The Morgan fingerprint density at radius 3 is 2.33 bits per heavy atom. The second-order valence-corrected chi connectivity index (χ2v) is 9.33. The molecule has 0 radical (unpaired) electrons. The van der Waals surface area contributed by atoms with Crippen LogP contribution >= 0.6 is 11.8 Å². The molecule has 40 heavy (non-hydrogen) atoms. The van der Waals surface area contributed by atoms with Gasteiger partial charge >= 0.3 is 6.18 Å². The van der Waals surface area contributed by atoms with E-state index in [2.05, 4.69) is 20.8 Å². The molecule has 0 atom stereocenters. The van der Waals surface area contributed by atoms with Crippen LogP contribution in [0.4, 0.5) is 23.2 Å². The number of anilines is 1. The molecule has 3 aromatic carbocycles. The number of nitrogens with zero attached hydrogens (tertiary/aromatic N) is 3. The maximum atomic E-state index is 13.6. The molecule has 0 aliphatic rings. The van der Waals surface area contributed by atoms with Gasteiger partial charge in [-0.25, -0.2) is 4.39 Å². The number of benzene rings is 3. The standard InChI is InChI=1S/C27H23F4N5O3S/c1-39-20-12-6-17(7-13-20)14-24(37)32-15-23-34-35-26(36(23)19-10-8-18(28)9-11-19)40-16-25(38)33-22-5-3-2-4-21(22)27(29,30)31/h2-13H,14-16H2,1H3,(H,32,37)(H,33,38). The third kappa shape index (κ3) is 7.38. The molecule has 8 nitrogen and oxygen atoms in total. The van der Waals surface area contributed by atoms with E-state index in [-0.39, 0.29) is 35.5 Å². The number of aromatic nitrogens is 3. The Bertz CT molecular complexity index is 1480. The van der Waals surface area contributed by atoms with Gasteiger partial charge in [0.2, 0.25) is 11.8 Å². The van der Waals surface area contributed by atoms with Crippen LogP contribution in [0.5, 0.6) is 5.75 Å². The van der Waals surface area contributed by atoms with Crippen molar-refractivity contribution in [3.05, 3.63) is 95.6 Å². The molecule has 0 aliphatic carbocycles. The number of para-hydroxylation sites is 1. The third-order valence-corrected chi connectivity index (χ3v) is 6.52. The highest BCUT2D eigenvalue weighted by atomic mass is 32.2. The number of carbonyl (C=O) groups is 2. The number of hydrogen-bond donors (Lipinski definition) is 2. The minimum atomic E-state index is -4.63. The van der Waals surface area contributed by atoms with E-state index >= 15 is 0 Å². The van der Waals surface area contributed by atoms with Gasteiger partial charge in [-0.2, -0.15) is 13.2 Å². The normalized spacial score (nSPS) is 11.2. The fraction of sp³-hybridized carbons (Fsp3) is 0.185. The zero-order valence-electron chi connectivity index (χ0n) is 21.0. The first kappa shape index (κ1) is 28.6. The molecule has 1 heterocycles. The number of alkyl halides is 3. The minimum Gasteiger partial charge on any atom is -0.497 e. The lowest BCUT2D eigenvalue weighted by atomic mass is 10.1. The third-order valence-electron chi connectivity index (χ3n) is 5.59. The highest BCUT2D eigenvalue weighted by Gasteiger charge is 2.33.